The fraction of sp³-hybridized carbons (Fsp3) is 1.00. The average molecular weight is 225 g/mol. The molecule has 0 spiro atoms. The zero-order valence-corrected chi connectivity index (χ0v) is 9.13. The third kappa shape index (κ3) is 8.57. The molecule has 0 aromatic carbocycles. The fourth-order valence-electron chi connectivity index (χ4n) is 1.16. The molecule has 0 atom stereocenters. The lowest BCUT2D eigenvalue weighted by Crippen LogP contribution is -2.37. The Balaban J connectivity index is 3.60. The van der Waals surface area contributed by atoms with Crippen molar-refractivity contribution in [3.05, 3.63) is 0 Å². The minimum absolute atomic E-state index is 0.0000531. The van der Waals surface area contributed by atoms with Gasteiger partial charge in [0.05, 0.1) is 13.2 Å². The predicted molar refractivity (Wildman–Crippen MR) is 52.4 cm³/mol. The summed E-state index contributed by atoms with van der Waals surface area (Å²) in [7, 11) is -3.92. The quantitative estimate of drug-likeness (QED) is 0.294. The molecule has 14 heavy (non-hydrogen) atoms. The van der Waals surface area contributed by atoms with Gasteiger partial charge in [-0.3, -0.25) is 4.90 Å². The van der Waals surface area contributed by atoms with Gasteiger partial charge in [-0.15, -0.1) is 0 Å². The highest BCUT2D eigenvalue weighted by atomic mass is 28.4. The third-order valence-electron chi connectivity index (χ3n) is 1.82. The SMILES string of the molecule is OCCN(CCO)CCC[Si](O)(O)O. The molecule has 0 fully saturated rings. The van der Waals surface area contributed by atoms with Crippen LogP contribution in [0.1, 0.15) is 6.42 Å². The lowest BCUT2D eigenvalue weighted by molar-refractivity contribution is 0.158. The summed E-state index contributed by atoms with van der Waals surface area (Å²) in [6, 6.07) is -0.0135. The van der Waals surface area contributed by atoms with E-state index in [1.165, 1.54) is 0 Å². The summed E-state index contributed by atoms with van der Waals surface area (Å²) in [6.07, 6.45) is 0.440. The molecule has 0 unspecified atom stereocenters. The van der Waals surface area contributed by atoms with Gasteiger partial charge in [0, 0.05) is 19.1 Å². The van der Waals surface area contributed by atoms with Crippen LogP contribution in [0.15, 0.2) is 0 Å². The molecule has 6 nitrogen and oxygen atoms in total. The number of nitrogens with zero attached hydrogens (tertiary/aromatic N) is 1. The molecule has 0 aliphatic rings. The van der Waals surface area contributed by atoms with Crippen molar-refractivity contribution < 1.29 is 24.6 Å². The van der Waals surface area contributed by atoms with E-state index < -0.39 is 8.80 Å². The fourth-order valence-corrected chi connectivity index (χ4v) is 1.79. The van der Waals surface area contributed by atoms with E-state index in [2.05, 4.69) is 0 Å². The highest BCUT2D eigenvalue weighted by Crippen LogP contribution is 2.02. The molecule has 0 bridgehead atoms. The van der Waals surface area contributed by atoms with Gasteiger partial charge in [-0.2, -0.15) is 0 Å². The second-order valence-electron chi connectivity index (χ2n) is 3.17. The van der Waals surface area contributed by atoms with Crippen molar-refractivity contribution in [1.29, 1.82) is 0 Å². The standard InChI is InChI=1S/C7H19NO5Si/c9-5-3-8(4-6-10)2-1-7-14(11,12)13/h9-13H,1-7H2. The van der Waals surface area contributed by atoms with Gasteiger partial charge in [-0.25, -0.2) is 0 Å². The van der Waals surface area contributed by atoms with Crippen LogP contribution in [0.3, 0.4) is 0 Å². The van der Waals surface area contributed by atoms with E-state index in [0.29, 0.717) is 26.1 Å². The summed E-state index contributed by atoms with van der Waals surface area (Å²) >= 11 is 0. The first-order valence-electron chi connectivity index (χ1n) is 4.61. The predicted octanol–water partition coefficient (Wildman–Crippen LogP) is -2.42. The van der Waals surface area contributed by atoms with Crippen LogP contribution in [0.25, 0.3) is 0 Å². The minimum atomic E-state index is -3.92. The maximum atomic E-state index is 8.72. The average Bonchev–Trinajstić information content (AvgIpc) is 2.02. The van der Waals surface area contributed by atoms with E-state index in [1.807, 2.05) is 0 Å². The first-order valence-corrected chi connectivity index (χ1v) is 6.65. The Morgan fingerprint density at radius 1 is 0.857 bits per heavy atom. The Kier molecular flexibility index (Phi) is 7.28. The van der Waals surface area contributed by atoms with Gasteiger partial charge in [-0.05, 0) is 13.0 Å². The van der Waals surface area contributed by atoms with Crippen LogP contribution in [-0.4, -0.2) is 71.2 Å². The van der Waals surface area contributed by atoms with E-state index in [0.717, 1.165) is 0 Å². The Bertz CT molecular complexity index is 135. The number of rotatable bonds is 8. The first kappa shape index (κ1) is 14.0. The largest absolute Gasteiger partial charge is 0.492 e. The van der Waals surface area contributed by atoms with E-state index in [-0.39, 0.29) is 19.3 Å². The van der Waals surface area contributed by atoms with Crippen molar-refractivity contribution in [2.24, 2.45) is 0 Å². The molecule has 0 heterocycles. The van der Waals surface area contributed by atoms with Gasteiger partial charge in [0.1, 0.15) is 0 Å². The van der Waals surface area contributed by atoms with Crippen molar-refractivity contribution in [1.82, 2.24) is 4.90 Å². The lowest BCUT2D eigenvalue weighted by Gasteiger charge is -2.20. The molecule has 0 amide bonds. The first-order chi connectivity index (χ1) is 6.49. The van der Waals surface area contributed by atoms with Crippen LogP contribution in [0.2, 0.25) is 6.04 Å². The molecular formula is C7H19NO5Si. The monoisotopic (exact) mass is 225 g/mol. The van der Waals surface area contributed by atoms with Crippen LogP contribution < -0.4 is 0 Å². The highest BCUT2D eigenvalue weighted by Gasteiger charge is 2.25. The maximum absolute atomic E-state index is 8.72. The zero-order valence-electron chi connectivity index (χ0n) is 8.13. The molecule has 0 aliphatic heterocycles. The summed E-state index contributed by atoms with van der Waals surface area (Å²) in [5.41, 5.74) is 0. The molecule has 0 aliphatic carbocycles. The molecular weight excluding hydrogens is 206 g/mol. The topological polar surface area (TPSA) is 104 Å². The molecule has 0 rings (SSSR count). The van der Waals surface area contributed by atoms with Gasteiger partial charge in [0.2, 0.25) is 0 Å². The van der Waals surface area contributed by atoms with Crippen LogP contribution in [0, 0.1) is 0 Å². The van der Waals surface area contributed by atoms with E-state index in [9.17, 15) is 0 Å². The van der Waals surface area contributed by atoms with Crippen molar-refractivity contribution in [2.75, 3.05) is 32.8 Å². The molecule has 0 radical (unpaired) electrons. The van der Waals surface area contributed by atoms with Gasteiger partial charge in [0.15, 0.2) is 0 Å². The maximum Gasteiger partial charge on any atom is 0.492 e. The summed E-state index contributed by atoms with van der Waals surface area (Å²) in [5.74, 6) is 0. The van der Waals surface area contributed by atoms with Crippen LogP contribution >= 0.6 is 0 Å². The minimum Gasteiger partial charge on any atom is -0.395 e. The van der Waals surface area contributed by atoms with Crippen molar-refractivity contribution in [2.45, 2.75) is 12.5 Å². The van der Waals surface area contributed by atoms with Gasteiger partial charge >= 0.3 is 8.80 Å². The highest BCUT2D eigenvalue weighted by molar-refractivity contribution is 6.56. The van der Waals surface area contributed by atoms with Crippen molar-refractivity contribution >= 4 is 8.80 Å². The molecule has 0 saturated carbocycles. The lowest BCUT2D eigenvalue weighted by atomic mass is 10.4. The molecule has 0 saturated heterocycles. The molecule has 7 heteroatoms. The van der Waals surface area contributed by atoms with Crippen LogP contribution in [-0.2, 0) is 0 Å². The molecule has 86 valence electrons. The third-order valence-corrected chi connectivity index (χ3v) is 2.84. The second-order valence-corrected chi connectivity index (χ2v) is 5.22. The number of hydrogen-bond acceptors (Lipinski definition) is 6. The zero-order chi connectivity index (χ0) is 11.0. The van der Waals surface area contributed by atoms with Crippen molar-refractivity contribution in [3.8, 4) is 0 Å². The number of hydrogen-bond donors (Lipinski definition) is 5. The van der Waals surface area contributed by atoms with E-state index >= 15 is 0 Å². The number of aliphatic hydroxyl groups excluding tert-OH is 2. The summed E-state index contributed by atoms with van der Waals surface area (Å²) in [5, 5.41) is 17.3. The molecule has 5 N–H and O–H groups in total. The Hall–Kier alpha value is -0.0231. The van der Waals surface area contributed by atoms with Gasteiger partial charge < -0.3 is 24.6 Å². The van der Waals surface area contributed by atoms with Gasteiger partial charge in [0.25, 0.3) is 0 Å². The number of aliphatic hydroxyl groups is 2. The summed E-state index contributed by atoms with van der Waals surface area (Å²) in [6.45, 7) is 1.41. The Morgan fingerprint density at radius 3 is 1.71 bits per heavy atom. The second kappa shape index (κ2) is 7.29. The van der Waals surface area contributed by atoms with Crippen LogP contribution in [0.4, 0.5) is 0 Å². The summed E-state index contributed by atoms with van der Waals surface area (Å²) in [4.78, 5) is 28.0. The normalized spacial score (nSPS) is 12.4. The van der Waals surface area contributed by atoms with Crippen molar-refractivity contribution in [3.63, 3.8) is 0 Å². The Morgan fingerprint density at radius 2 is 1.36 bits per heavy atom. The van der Waals surface area contributed by atoms with E-state index in [1.54, 1.807) is 4.90 Å². The molecule has 0 aromatic rings. The Labute approximate surface area is 84.4 Å². The van der Waals surface area contributed by atoms with Gasteiger partial charge in [-0.1, -0.05) is 0 Å². The van der Waals surface area contributed by atoms with E-state index in [4.69, 9.17) is 24.6 Å². The smallest absolute Gasteiger partial charge is 0.395 e. The summed E-state index contributed by atoms with van der Waals surface area (Å²) < 4.78 is 0. The van der Waals surface area contributed by atoms with Crippen LogP contribution in [0.5, 0.6) is 0 Å². The molecule has 0 aromatic heterocycles.